The molecule has 0 aromatic carbocycles. The molecule has 1 saturated heterocycles. The van der Waals surface area contributed by atoms with Crippen molar-refractivity contribution in [2.45, 2.75) is 26.3 Å². The van der Waals surface area contributed by atoms with Crippen LogP contribution >= 0.6 is 0 Å². The highest BCUT2D eigenvalue weighted by atomic mass is 15.3. The molecule has 2 N–H and O–H groups in total. The molecule has 17 heavy (non-hydrogen) atoms. The van der Waals surface area contributed by atoms with Crippen LogP contribution in [-0.2, 0) is 0 Å². The van der Waals surface area contributed by atoms with E-state index in [-0.39, 0.29) is 0 Å². The highest BCUT2D eigenvalue weighted by Gasteiger charge is 2.27. The van der Waals surface area contributed by atoms with Crippen LogP contribution < -0.4 is 10.6 Å². The van der Waals surface area contributed by atoms with E-state index in [1.165, 1.54) is 6.42 Å². The highest BCUT2D eigenvalue weighted by Crippen LogP contribution is 2.26. The molecule has 0 radical (unpaired) electrons. The van der Waals surface area contributed by atoms with Crippen LogP contribution in [0.2, 0.25) is 0 Å². The van der Waals surface area contributed by atoms with Crippen molar-refractivity contribution in [2.24, 2.45) is 0 Å². The number of likely N-dealkylation sites (N-methyl/N-ethyl adjacent to an activating group) is 1. The number of pyridine rings is 1. The molecule has 4 nitrogen and oxygen atoms in total. The maximum atomic E-state index is 5.92. The average molecular weight is 234 g/mol. The van der Waals surface area contributed by atoms with Gasteiger partial charge in [-0.2, -0.15) is 0 Å². The number of anilines is 2. The fraction of sp³-hybridized carbons (Fsp3) is 0.615. The Kier molecular flexibility index (Phi) is 3.84. The largest absolute Gasteiger partial charge is 0.382 e. The van der Waals surface area contributed by atoms with Crippen LogP contribution in [0.5, 0.6) is 0 Å². The summed E-state index contributed by atoms with van der Waals surface area (Å²) < 4.78 is 0. The SMILES string of the molecule is CCN(CC)C1CCN(c2cccnc2N)C1. The van der Waals surface area contributed by atoms with Gasteiger partial charge in [-0.05, 0) is 31.6 Å². The van der Waals surface area contributed by atoms with Gasteiger partial charge in [0.15, 0.2) is 0 Å². The molecule has 0 amide bonds. The van der Waals surface area contributed by atoms with Gasteiger partial charge in [-0.3, -0.25) is 4.90 Å². The minimum absolute atomic E-state index is 0.646. The van der Waals surface area contributed by atoms with Crippen LogP contribution in [0.4, 0.5) is 11.5 Å². The van der Waals surface area contributed by atoms with Crippen molar-refractivity contribution in [1.82, 2.24) is 9.88 Å². The first-order valence-corrected chi connectivity index (χ1v) is 6.45. The first-order chi connectivity index (χ1) is 8.26. The predicted octanol–water partition coefficient (Wildman–Crippen LogP) is 1.58. The van der Waals surface area contributed by atoms with Gasteiger partial charge in [0.05, 0.1) is 5.69 Å². The summed E-state index contributed by atoms with van der Waals surface area (Å²) in [6.45, 7) is 8.85. The predicted molar refractivity (Wildman–Crippen MR) is 72.2 cm³/mol. The van der Waals surface area contributed by atoms with E-state index in [0.717, 1.165) is 31.9 Å². The molecular weight excluding hydrogens is 212 g/mol. The molecule has 1 atom stereocenters. The molecule has 0 aliphatic carbocycles. The first kappa shape index (κ1) is 12.2. The fourth-order valence-corrected chi connectivity index (χ4v) is 2.68. The van der Waals surface area contributed by atoms with Gasteiger partial charge in [0.25, 0.3) is 0 Å². The van der Waals surface area contributed by atoms with Gasteiger partial charge in [-0.15, -0.1) is 0 Å². The summed E-state index contributed by atoms with van der Waals surface area (Å²) in [6, 6.07) is 4.67. The Morgan fingerprint density at radius 2 is 2.24 bits per heavy atom. The minimum Gasteiger partial charge on any atom is -0.382 e. The maximum Gasteiger partial charge on any atom is 0.146 e. The minimum atomic E-state index is 0.646. The van der Waals surface area contributed by atoms with E-state index in [0.29, 0.717) is 11.9 Å². The quantitative estimate of drug-likeness (QED) is 0.859. The van der Waals surface area contributed by atoms with Gasteiger partial charge in [0, 0.05) is 25.3 Å². The Morgan fingerprint density at radius 3 is 2.88 bits per heavy atom. The second-order valence-electron chi connectivity index (χ2n) is 4.52. The lowest BCUT2D eigenvalue weighted by Crippen LogP contribution is -2.37. The summed E-state index contributed by atoms with van der Waals surface area (Å²) in [4.78, 5) is 9.03. The summed E-state index contributed by atoms with van der Waals surface area (Å²) >= 11 is 0. The summed E-state index contributed by atoms with van der Waals surface area (Å²) in [5.41, 5.74) is 7.01. The molecule has 1 aliphatic rings. The second-order valence-corrected chi connectivity index (χ2v) is 4.52. The third-order valence-corrected chi connectivity index (χ3v) is 3.65. The third-order valence-electron chi connectivity index (χ3n) is 3.65. The van der Waals surface area contributed by atoms with E-state index in [2.05, 4.69) is 34.7 Å². The third kappa shape index (κ3) is 2.52. The van der Waals surface area contributed by atoms with E-state index in [4.69, 9.17) is 5.73 Å². The van der Waals surface area contributed by atoms with Gasteiger partial charge < -0.3 is 10.6 Å². The summed E-state index contributed by atoms with van der Waals surface area (Å²) in [5.74, 6) is 0.646. The van der Waals surface area contributed by atoms with Crippen molar-refractivity contribution in [3.05, 3.63) is 18.3 Å². The average Bonchev–Trinajstić information content (AvgIpc) is 2.81. The fourth-order valence-electron chi connectivity index (χ4n) is 2.68. The number of rotatable bonds is 4. The molecule has 1 aromatic rings. The molecule has 1 fully saturated rings. The van der Waals surface area contributed by atoms with Crippen LogP contribution in [0.15, 0.2) is 18.3 Å². The van der Waals surface area contributed by atoms with Gasteiger partial charge >= 0.3 is 0 Å². The topological polar surface area (TPSA) is 45.4 Å². The lowest BCUT2D eigenvalue weighted by Gasteiger charge is -2.26. The first-order valence-electron chi connectivity index (χ1n) is 6.45. The van der Waals surface area contributed by atoms with Crippen molar-refractivity contribution in [3.8, 4) is 0 Å². The molecule has 0 spiro atoms. The molecule has 1 aliphatic heterocycles. The normalized spacial score (nSPS) is 20.2. The molecular formula is C13H22N4. The van der Waals surface area contributed by atoms with Crippen LogP contribution in [-0.4, -0.2) is 42.1 Å². The zero-order valence-electron chi connectivity index (χ0n) is 10.8. The second kappa shape index (κ2) is 5.36. The Morgan fingerprint density at radius 1 is 1.47 bits per heavy atom. The molecule has 0 bridgehead atoms. The lowest BCUT2D eigenvalue weighted by molar-refractivity contribution is 0.232. The van der Waals surface area contributed by atoms with Gasteiger partial charge in [0.1, 0.15) is 5.82 Å². The molecule has 94 valence electrons. The van der Waals surface area contributed by atoms with E-state index in [1.807, 2.05) is 6.07 Å². The van der Waals surface area contributed by atoms with Crippen LogP contribution in [0, 0.1) is 0 Å². The number of hydrogen-bond donors (Lipinski definition) is 1. The van der Waals surface area contributed by atoms with Crippen molar-refractivity contribution >= 4 is 11.5 Å². The standard InChI is InChI=1S/C13H22N4/c1-3-16(4-2)11-7-9-17(10-11)12-6-5-8-15-13(12)14/h5-6,8,11H,3-4,7,9-10H2,1-2H3,(H2,14,15). The van der Waals surface area contributed by atoms with Crippen LogP contribution in [0.3, 0.4) is 0 Å². The number of nitrogen functional groups attached to an aromatic ring is 1. The molecule has 4 heteroatoms. The van der Waals surface area contributed by atoms with E-state index in [9.17, 15) is 0 Å². The Bertz CT molecular complexity index is 362. The smallest absolute Gasteiger partial charge is 0.146 e. The molecule has 1 unspecified atom stereocenters. The lowest BCUT2D eigenvalue weighted by atomic mass is 10.2. The van der Waals surface area contributed by atoms with Crippen molar-refractivity contribution in [3.63, 3.8) is 0 Å². The zero-order valence-corrected chi connectivity index (χ0v) is 10.8. The Hall–Kier alpha value is -1.29. The van der Waals surface area contributed by atoms with Crippen molar-refractivity contribution in [1.29, 1.82) is 0 Å². The van der Waals surface area contributed by atoms with Gasteiger partial charge in [-0.25, -0.2) is 4.98 Å². The number of aromatic nitrogens is 1. The zero-order chi connectivity index (χ0) is 12.3. The van der Waals surface area contributed by atoms with Crippen LogP contribution in [0.25, 0.3) is 0 Å². The summed E-state index contributed by atoms with van der Waals surface area (Å²) in [7, 11) is 0. The number of nitrogens with two attached hydrogens (primary N) is 1. The molecule has 2 heterocycles. The van der Waals surface area contributed by atoms with Crippen molar-refractivity contribution in [2.75, 3.05) is 36.8 Å². The highest BCUT2D eigenvalue weighted by molar-refractivity contribution is 5.63. The Balaban J connectivity index is 2.05. The van der Waals surface area contributed by atoms with E-state index < -0.39 is 0 Å². The monoisotopic (exact) mass is 234 g/mol. The number of hydrogen-bond acceptors (Lipinski definition) is 4. The summed E-state index contributed by atoms with van der Waals surface area (Å²) in [6.07, 6.45) is 2.97. The molecule has 0 saturated carbocycles. The summed E-state index contributed by atoms with van der Waals surface area (Å²) in [5, 5.41) is 0. The molecule has 1 aromatic heterocycles. The van der Waals surface area contributed by atoms with Gasteiger partial charge in [0.2, 0.25) is 0 Å². The van der Waals surface area contributed by atoms with E-state index in [1.54, 1.807) is 6.20 Å². The maximum absolute atomic E-state index is 5.92. The van der Waals surface area contributed by atoms with Crippen molar-refractivity contribution < 1.29 is 0 Å². The van der Waals surface area contributed by atoms with E-state index >= 15 is 0 Å². The molecule has 2 rings (SSSR count). The Labute approximate surface area is 103 Å². The van der Waals surface area contributed by atoms with Crippen LogP contribution in [0.1, 0.15) is 20.3 Å². The van der Waals surface area contributed by atoms with Gasteiger partial charge in [-0.1, -0.05) is 13.8 Å². The number of nitrogens with zero attached hydrogens (tertiary/aromatic N) is 3.